The van der Waals surface area contributed by atoms with Crippen LogP contribution in [-0.4, -0.2) is 89.5 Å². The third-order valence-corrected chi connectivity index (χ3v) is 7.85. The lowest BCUT2D eigenvalue weighted by atomic mass is 10.1. The number of nitrogens with one attached hydrogen (secondary N) is 2. The first-order valence-electron chi connectivity index (χ1n) is 13.0. The lowest BCUT2D eigenvalue weighted by Crippen LogP contribution is -2.55. The van der Waals surface area contributed by atoms with Crippen LogP contribution in [0.15, 0.2) is 24.4 Å². The van der Waals surface area contributed by atoms with E-state index in [1.165, 1.54) is 40.9 Å². The van der Waals surface area contributed by atoms with Crippen LogP contribution < -0.4 is 21.3 Å². The monoisotopic (exact) mass is 589 g/mol. The summed E-state index contributed by atoms with van der Waals surface area (Å²) in [6.07, 6.45) is 1.44. The van der Waals surface area contributed by atoms with Crippen molar-refractivity contribution in [3.8, 4) is 5.69 Å². The molecule has 0 spiro atoms. The van der Waals surface area contributed by atoms with Gasteiger partial charge in [-0.3, -0.25) is 14.5 Å². The van der Waals surface area contributed by atoms with Crippen LogP contribution in [0.2, 0.25) is 5.02 Å². The number of piperazine rings is 1. The summed E-state index contributed by atoms with van der Waals surface area (Å²) in [4.78, 5) is 31.0. The number of nitrogen functional groups attached to an aromatic ring is 1. The molecule has 14 heteroatoms. The first kappa shape index (κ1) is 30.0. The summed E-state index contributed by atoms with van der Waals surface area (Å²) in [5.41, 5.74) is 6.36. The minimum atomic E-state index is -0.695. The maximum atomic E-state index is 15.6. The fourth-order valence-electron chi connectivity index (χ4n) is 4.63. The molecule has 2 amide bonds. The second-order valence-electron chi connectivity index (χ2n) is 10.5. The molecule has 1 fully saturated rings. The fraction of sp³-hybridized carbons (Fsp3) is 0.407. The van der Waals surface area contributed by atoms with Crippen LogP contribution in [0.3, 0.4) is 0 Å². The number of nitrogens with two attached hydrogens (primary N) is 1. The van der Waals surface area contributed by atoms with Crippen LogP contribution >= 0.6 is 11.6 Å². The molecule has 2 heterocycles. The molecule has 3 aromatic rings. The smallest absolute Gasteiger partial charge is 0.257 e. The largest absolute Gasteiger partial charge is 0.396 e. The Morgan fingerprint density at radius 3 is 2.44 bits per heavy atom. The highest BCUT2D eigenvalue weighted by atomic mass is 35.5. The molecule has 0 bridgehead atoms. The standard InChI is InChI=1S/C27H34ClF2N9O2/c1-14-11-38(12-15(2)37(14)6)22-8-18(29)21(39-13-23(34-35-39)32-10-24(40)36(4)5)9-20(22)33-27(41)17-7-19(31)26(30)16(3)25(17)28/h7-9,13-15,32H,10-12,31H2,1-6H3,(H,33,41)/t14-,15+. The van der Waals surface area contributed by atoms with Crippen molar-refractivity contribution in [1.29, 1.82) is 0 Å². The maximum Gasteiger partial charge on any atom is 0.257 e. The third kappa shape index (κ3) is 6.20. The van der Waals surface area contributed by atoms with Gasteiger partial charge in [-0.25, -0.2) is 13.5 Å². The zero-order valence-corrected chi connectivity index (χ0v) is 24.6. The van der Waals surface area contributed by atoms with E-state index in [-0.39, 0.29) is 57.9 Å². The Kier molecular flexibility index (Phi) is 8.69. The fourth-order valence-corrected chi connectivity index (χ4v) is 4.85. The van der Waals surface area contributed by atoms with Gasteiger partial charge in [0.25, 0.3) is 5.91 Å². The molecule has 1 aromatic heterocycles. The second kappa shape index (κ2) is 11.9. The number of likely N-dealkylation sites (N-methyl/N-ethyl adjacent to an activating group) is 2. The van der Waals surface area contributed by atoms with E-state index in [1.807, 2.05) is 11.9 Å². The van der Waals surface area contributed by atoms with Gasteiger partial charge in [0, 0.05) is 50.9 Å². The topological polar surface area (TPSA) is 125 Å². The Bertz CT molecular complexity index is 1470. The summed E-state index contributed by atoms with van der Waals surface area (Å²) in [6, 6.07) is 4.29. The number of anilines is 4. The highest BCUT2D eigenvalue weighted by molar-refractivity contribution is 6.35. The molecule has 1 saturated heterocycles. The molecule has 1 aliphatic rings. The number of rotatable bonds is 7. The number of carbonyl (C=O) groups is 2. The van der Waals surface area contributed by atoms with Gasteiger partial charge in [0.1, 0.15) is 5.69 Å². The molecule has 2 atom stereocenters. The maximum absolute atomic E-state index is 15.6. The normalized spacial score (nSPS) is 17.4. The molecule has 0 radical (unpaired) electrons. The summed E-state index contributed by atoms with van der Waals surface area (Å²) in [5, 5.41) is 13.6. The molecule has 4 N–H and O–H groups in total. The minimum Gasteiger partial charge on any atom is -0.396 e. The molecule has 0 aliphatic carbocycles. The summed E-state index contributed by atoms with van der Waals surface area (Å²) in [5.74, 6) is -1.84. The lowest BCUT2D eigenvalue weighted by Gasteiger charge is -2.44. The van der Waals surface area contributed by atoms with E-state index in [4.69, 9.17) is 17.3 Å². The first-order chi connectivity index (χ1) is 19.3. The van der Waals surface area contributed by atoms with E-state index in [0.29, 0.717) is 24.5 Å². The Morgan fingerprint density at radius 2 is 1.80 bits per heavy atom. The highest BCUT2D eigenvalue weighted by Crippen LogP contribution is 2.35. The summed E-state index contributed by atoms with van der Waals surface area (Å²) in [7, 11) is 5.29. The van der Waals surface area contributed by atoms with Gasteiger partial charge >= 0.3 is 0 Å². The van der Waals surface area contributed by atoms with Crippen LogP contribution in [0.1, 0.15) is 29.8 Å². The van der Waals surface area contributed by atoms with E-state index < -0.39 is 17.5 Å². The van der Waals surface area contributed by atoms with Crippen molar-refractivity contribution in [1.82, 2.24) is 24.8 Å². The van der Waals surface area contributed by atoms with Crippen LogP contribution in [0, 0.1) is 18.6 Å². The van der Waals surface area contributed by atoms with Gasteiger partial charge in [-0.15, -0.1) is 5.10 Å². The summed E-state index contributed by atoms with van der Waals surface area (Å²) < 4.78 is 31.1. The summed E-state index contributed by atoms with van der Waals surface area (Å²) in [6.45, 7) is 6.73. The minimum absolute atomic E-state index is 0.0136. The number of hydrogen-bond acceptors (Lipinski definition) is 8. The lowest BCUT2D eigenvalue weighted by molar-refractivity contribution is -0.126. The summed E-state index contributed by atoms with van der Waals surface area (Å²) >= 11 is 6.31. The number of hydrogen-bond donors (Lipinski definition) is 3. The van der Waals surface area contributed by atoms with Crippen LogP contribution in [-0.2, 0) is 4.79 Å². The predicted octanol–water partition coefficient (Wildman–Crippen LogP) is 3.37. The number of amides is 2. The van der Waals surface area contributed by atoms with Crippen molar-refractivity contribution in [2.24, 2.45) is 0 Å². The SMILES string of the molecule is Cc1c(F)c(N)cc(C(=O)Nc2cc(-n3cc(NCC(=O)N(C)C)nn3)c(F)cc2N2C[C@@H](C)N(C)[C@@H](C)C2)c1Cl. The Hall–Kier alpha value is -3.97. The van der Waals surface area contributed by atoms with Crippen molar-refractivity contribution >= 4 is 46.3 Å². The number of benzene rings is 2. The zero-order chi connectivity index (χ0) is 30.2. The van der Waals surface area contributed by atoms with Crippen molar-refractivity contribution < 1.29 is 18.4 Å². The number of halogens is 3. The van der Waals surface area contributed by atoms with Crippen molar-refractivity contribution in [2.45, 2.75) is 32.9 Å². The van der Waals surface area contributed by atoms with Gasteiger partial charge in [-0.2, -0.15) is 0 Å². The van der Waals surface area contributed by atoms with Crippen molar-refractivity contribution in [2.75, 3.05) is 62.0 Å². The van der Waals surface area contributed by atoms with Crippen LogP contribution in [0.25, 0.3) is 5.69 Å². The first-order valence-corrected chi connectivity index (χ1v) is 13.4. The average molecular weight is 590 g/mol. The quantitative estimate of drug-likeness (QED) is 0.358. The highest BCUT2D eigenvalue weighted by Gasteiger charge is 2.30. The zero-order valence-electron chi connectivity index (χ0n) is 23.8. The van der Waals surface area contributed by atoms with E-state index in [1.54, 1.807) is 14.1 Å². The van der Waals surface area contributed by atoms with E-state index >= 15 is 4.39 Å². The van der Waals surface area contributed by atoms with E-state index in [0.717, 1.165) is 0 Å². The van der Waals surface area contributed by atoms with E-state index in [9.17, 15) is 14.0 Å². The third-order valence-electron chi connectivity index (χ3n) is 7.37. The molecule has 1 aliphatic heterocycles. The molecule has 4 rings (SSSR count). The predicted molar refractivity (Wildman–Crippen MR) is 156 cm³/mol. The molecule has 0 unspecified atom stereocenters. The van der Waals surface area contributed by atoms with Gasteiger partial charge in [0.15, 0.2) is 17.5 Å². The molecular weight excluding hydrogens is 556 g/mol. The number of nitrogens with zero attached hydrogens (tertiary/aromatic N) is 6. The van der Waals surface area contributed by atoms with Crippen molar-refractivity contribution in [3.63, 3.8) is 0 Å². The molecule has 0 saturated carbocycles. The Morgan fingerprint density at radius 1 is 1.15 bits per heavy atom. The molecule has 11 nitrogen and oxygen atoms in total. The van der Waals surface area contributed by atoms with Gasteiger partial charge in [0.05, 0.1) is 40.4 Å². The van der Waals surface area contributed by atoms with Crippen LogP contribution in [0.5, 0.6) is 0 Å². The van der Waals surface area contributed by atoms with Gasteiger partial charge < -0.3 is 26.2 Å². The number of carbonyl (C=O) groups excluding carboxylic acids is 2. The van der Waals surface area contributed by atoms with E-state index in [2.05, 4.69) is 39.7 Å². The Labute approximate surface area is 242 Å². The van der Waals surface area contributed by atoms with Gasteiger partial charge in [-0.05, 0) is 40.0 Å². The molecule has 2 aromatic carbocycles. The van der Waals surface area contributed by atoms with Gasteiger partial charge in [-0.1, -0.05) is 16.8 Å². The molecule has 41 heavy (non-hydrogen) atoms. The van der Waals surface area contributed by atoms with Crippen LogP contribution in [0.4, 0.5) is 31.7 Å². The Balaban J connectivity index is 1.73. The average Bonchev–Trinajstić information content (AvgIpc) is 3.40. The number of aromatic nitrogens is 3. The molecular formula is C27H34ClF2N9O2. The molecule has 220 valence electrons. The van der Waals surface area contributed by atoms with Crippen molar-refractivity contribution in [3.05, 3.63) is 52.2 Å². The van der Waals surface area contributed by atoms with Gasteiger partial charge in [0.2, 0.25) is 5.91 Å². The second-order valence-corrected chi connectivity index (χ2v) is 10.9.